The van der Waals surface area contributed by atoms with E-state index in [0.29, 0.717) is 12.5 Å². The highest BCUT2D eigenvalue weighted by molar-refractivity contribution is 5.39. The maximum Gasteiger partial charge on any atom is 0.247 e. The predicted molar refractivity (Wildman–Crippen MR) is 84.2 cm³/mol. The van der Waals surface area contributed by atoms with Gasteiger partial charge in [0.05, 0.1) is 18.4 Å². The van der Waals surface area contributed by atoms with Gasteiger partial charge < -0.3 is 10.2 Å². The fraction of sp³-hybridized carbons (Fsp3) is 0.467. The van der Waals surface area contributed by atoms with Crippen molar-refractivity contribution in [2.75, 3.05) is 23.3 Å². The molecular formula is C15H22N6. The molecule has 2 aromatic rings. The van der Waals surface area contributed by atoms with Gasteiger partial charge in [-0.1, -0.05) is 19.9 Å². The van der Waals surface area contributed by atoms with Crippen LogP contribution in [0.5, 0.6) is 0 Å². The number of aromatic nitrogens is 4. The SMILES string of the molecule is CCCN(CCC)c1nncc(NCc2ccccn2)n1. The Kier molecular flexibility index (Phi) is 5.87. The number of nitrogens with one attached hydrogen (secondary N) is 1. The van der Waals surface area contributed by atoms with Crippen LogP contribution in [-0.4, -0.2) is 33.3 Å². The second kappa shape index (κ2) is 8.14. The van der Waals surface area contributed by atoms with E-state index >= 15 is 0 Å². The molecule has 0 aliphatic heterocycles. The van der Waals surface area contributed by atoms with Gasteiger partial charge in [0, 0.05) is 19.3 Å². The van der Waals surface area contributed by atoms with Crippen LogP contribution in [0.15, 0.2) is 30.6 Å². The van der Waals surface area contributed by atoms with Crippen LogP contribution >= 0.6 is 0 Å². The van der Waals surface area contributed by atoms with Gasteiger partial charge in [-0.05, 0) is 25.0 Å². The largest absolute Gasteiger partial charge is 0.363 e. The highest BCUT2D eigenvalue weighted by atomic mass is 15.3. The van der Waals surface area contributed by atoms with Crippen molar-refractivity contribution in [2.24, 2.45) is 0 Å². The zero-order chi connectivity index (χ0) is 14.9. The molecule has 0 fully saturated rings. The summed E-state index contributed by atoms with van der Waals surface area (Å²) in [5, 5.41) is 11.4. The minimum absolute atomic E-state index is 0.626. The molecule has 2 rings (SSSR count). The van der Waals surface area contributed by atoms with E-state index in [4.69, 9.17) is 0 Å². The molecule has 2 heterocycles. The molecule has 0 aliphatic rings. The van der Waals surface area contributed by atoms with Crippen molar-refractivity contribution in [3.63, 3.8) is 0 Å². The number of rotatable bonds is 8. The van der Waals surface area contributed by atoms with E-state index in [1.807, 2.05) is 18.2 Å². The lowest BCUT2D eigenvalue weighted by molar-refractivity contribution is 0.710. The average molecular weight is 286 g/mol. The van der Waals surface area contributed by atoms with Crippen LogP contribution in [0.2, 0.25) is 0 Å². The van der Waals surface area contributed by atoms with Crippen LogP contribution < -0.4 is 10.2 Å². The lowest BCUT2D eigenvalue weighted by Gasteiger charge is -2.20. The molecule has 6 heteroatoms. The van der Waals surface area contributed by atoms with Gasteiger partial charge in [0.2, 0.25) is 5.95 Å². The molecule has 0 spiro atoms. The van der Waals surface area contributed by atoms with Crippen molar-refractivity contribution in [3.05, 3.63) is 36.3 Å². The summed E-state index contributed by atoms with van der Waals surface area (Å²) >= 11 is 0. The second-order valence-electron chi connectivity index (χ2n) is 4.80. The molecule has 0 amide bonds. The van der Waals surface area contributed by atoms with Crippen LogP contribution in [0, 0.1) is 0 Å². The van der Waals surface area contributed by atoms with E-state index < -0.39 is 0 Å². The Morgan fingerprint density at radius 1 is 1.14 bits per heavy atom. The fourth-order valence-corrected chi connectivity index (χ4v) is 2.05. The Morgan fingerprint density at radius 3 is 2.62 bits per heavy atom. The Hall–Kier alpha value is -2.24. The van der Waals surface area contributed by atoms with E-state index in [9.17, 15) is 0 Å². The highest BCUT2D eigenvalue weighted by Gasteiger charge is 2.09. The first-order chi connectivity index (χ1) is 10.3. The number of pyridine rings is 1. The molecule has 6 nitrogen and oxygen atoms in total. The average Bonchev–Trinajstić information content (AvgIpc) is 2.54. The van der Waals surface area contributed by atoms with Crippen LogP contribution in [-0.2, 0) is 6.54 Å². The Balaban J connectivity index is 2.02. The Labute approximate surface area is 125 Å². The summed E-state index contributed by atoms with van der Waals surface area (Å²) < 4.78 is 0. The molecule has 21 heavy (non-hydrogen) atoms. The van der Waals surface area contributed by atoms with Crippen LogP contribution in [0.3, 0.4) is 0 Å². The van der Waals surface area contributed by atoms with E-state index in [1.165, 1.54) is 0 Å². The topological polar surface area (TPSA) is 66.8 Å². The van der Waals surface area contributed by atoms with Gasteiger partial charge in [0.15, 0.2) is 5.82 Å². The predicted octanol–water partition coefficient (Wildman–Crippen LogP) is 2.51. The first-order valence-electron chi connectivity index (χ1n) is 7.42. The molecule has 0 saturated heterocycles. The van der Waals surface area contributed by atoms with Gasteiger partial charge in [-0.3, -0.25) is 4.98 Å². The summed E-state index contributed by atoms with van der Waals surface area (Å²) in [6, 6.07) is 5.85. The van der Waals surface area contributed by atoms with E-state index in [1.54, 1.807) is 12.4 Å². The third kappa shape index (κ3) is 4.66. The zero-order valence-electron chi connectivity index (χ0n) is 12.7. The monoisotopic (exact) mass is 286 g/mol. The first kappa shape index (κ1) is 15.2. The van der Waals surface area contributed by atoms with Gasteiger partial charge in [-0.2, -0.15) is 10.1 Å². The lowest BCUT2D eigenvalue weighted by Crippen LogP contribution is -2.27. The molecule has 0 aromatic carbocycles. The van der Waals surface area contributed by atoms with Crippen molar-refractivity contribution in [3.8, 4) is 0 Å². The number of anilines is 2. The molecule has 0 radical (unpaired) electrons. The molecule has 0 saturated carbocycles. The maximum absolute atomic E-state index is 4.54. The van der Waals surface area contributed by atoms with Crippen molar-refractivity contribution >= 4 is 11.8 Å². The van der Waals surface area contributed by atoms with Gasteiger partial charge >= 0.3 is 0 Å². The van der Waals surface area contributed by atoms with Gasteiger partial charge in [-0.25, -0.2) is 0 Å². The van der Waals surface area contributed by atoms with Crippen molar-refractivity contribution in [1.29, 1.82) is 0 Å². The molecule has 0 bridgehead atoms. The molecule has 0 atom stereocenters. The third-order valence-corrected chi connectivity index (χ3v) is 2.99. The quantitative estimate of drug-likeness (QED) is 0.804. The van der Waals surface area contributed by atoms with Crippen LogP contribution in [0.1, 0.15) is 32.4 Å². The van der Waals surface area contributed by atoms with Crippen LogP contribution in [0.25, 0.3) is 0 Å². The third-order valence-electron chi connectivity index (χ3n) is 2.99. The smallest absolute Gasteiger partial charge is 0.247 e. The molecule has 1 N–H and O–H groups in total. The van der Waals surface area contributed by atoms with E-state index in [0.717, 1.165) is 37.4 Å². The number of nitrogens with zero attached hydrogens (tertiary/aromatic N) is 5. The van der Waals surface area contributed by atoms with Crippen LogP contribution in [0.4, 0.5) is 11.8 Å². The summed E-state index contributed by atoms with van der Waals surface area (Å²) in [4.78, 5) is 11.0. The first-order valence-corrected chi connectivity index (χ1v) is 7.42. The van der Waals surface area contributed by atoms with E-state index in [-0.39, 0.29) is 0 Å². The van der Waals surface area contributed by atoms with Crippen molar-refractivity contribution in [1.82, 2.24) is 20.2 Å². The lowest BCUT2D eigenvalue weighted by atomic mass is 10.3. The van der Waals surface area contributed by atoms with E-state index in [2.05, 4.69) is 44.2 Å². The Morgan fingerprint density at radius 2 is 1.95 bits per heavy atom. The number of hydrogen-bond acceptors (Lipinski definition) is 6. The normalized spacial score (nSPS) is 10.4. The molecule has 112 valence electrons. The van der Waals surface area contributed by atoms with Crippen molar-refractivity contribution in [2.45, 2.75) is 33.2 Å². The minimum atomic E-state index is 0.626. The Bertz CT molecular complexity index is 525. The highest BCUT2D eigenvalue weighted by Crippen LogP contribution is 2.11. The number of hydrogen-bond donors (Lipinski definition) is 1. The molecule has 2 aromatic heterocycles. The molecular weight excluding hydrogens is 264 g/mol. The van der Waals surface area contributed by atoms with Crippen molar-refractivity contribution < 1.29 is 0 Å². The standard InChI is InChI=1S/C15H22N6/c1-3-9-21(10-4-2)15-19-14(12-18-20-15)17-11-13-7-5-6-8-16-13/h5-8,12H,3-4,9-11H2,1-2H3,(H,17,19,20). The minimum Gasteiger partial charge on any atom is -0.363 e. The summed E-state index contributed by atoms with van der Waals surface area (Å²) in [7, 11) is 0. The zero-order valence-corrected chi connectivity index (χ0v) is 12.7. The van der Waals surface area contributed by atoms with Gasteiger partial charge in [0.1, 0.15) is 0 Å². The summed E-state index contributed by atoms with van der Waals surface area (Å²) in [5.41, 5.74) is 0.969. The summed E-state index contributed by atoms with van der Waals surface area (Å²) in [5.74, 6) is 1.41. The second-order valence-corrected chi connectivity index (χ2v) is 4.80. The fourth-order valence-electron chi connectivity index (χ4n) is 2.05. The summed E-state index contributed by atoms with van der Waals surface area (Å²) in [6.07, 6.45) is 5.55. The molecule has 0 unspecified atom stereocenters. The molecule has 0 aliphatic carbocycles. The van der Waals surface area contributed by atoms with Gasteiger partial charge in [-0.15, -0.1) is 5.10 Å². The maximum atomic E-state index is 4.54. The van der Waals surface area contributed by atoms with Gasteiger partial charge in [0.25, 0.3) is 0 Å². The summed E-state index contributed by atoms with van der Waals surface area (Å²) in [6.45, 7) is 6.82.